The number of nitrogens with one attached hydrogen (secondary N) is 1. The van der Waals surface area contributed by atoms with E-state index in [1.807, 2.05) is 59.5 Å². The van der Waals surface area contributed by atoms with E-state index in [1.165, 1.54) is 25.1 Å². The molecule has 0 saturated carbocycles. The summed E-state index contributed by atoms with van der Waals surface area (Å²) in [6, 6.07) is 19.0. The fourth-order valence-corrected chi connectivity index (χ4v) is 6.10. The molecule has 3 aromatic carbocycles. The Labute approximate surface area is 195 Å². The highest BCUT2D eigenvalue weighted by molar-refractivity contribution is 6.16. The first kappa shape index (κ1) is 20.5. The second kappa shape index (κ2) is 7.22. The highest BCUT2D eigenvalue weighted by atomic mass is 19.1. The van der Waals surface area contributed by atoms with Gasteiger partial charge in [-0.2, -0.15) is 0 Å². The lowest BCUT2D eigenvalue weighted by atomic mass is 9.64. The van der Waals surface area contributed by atoms with E-state index in [2.05, 4.69) is 5.32 Å². The number of carbonyl (C=O) groups excluding carboxylic acids is 3. The van der Waals surface area contributed by atoms with E-state index in [9.17, 15) is 18.8 Å². The van der Waals surface area contributed by atoms with Crippen molar-refractivity contribution in [2.24, 2.45) is 5.92 Å². The molecule has 5 nitrogen and oxygen atoms in total. The summed E-state index contributed by atoms with van der Waals surface area (Å²) in [5, 5.41) is 2.94. The molecule has 6 heteroatoms. The highest BCUT2D eigenvalue weighted by Gasteiger charge is 2.69. The van der Waals surface area contributed by atoms with Gasteiger partial charge in [0, 0.05) is 11.4 Å². The lowest BCUT2D eigenvalue weighted by Gasteiger charge is -2.37. The van der Waals surface area contributed by atoms with Crippen LogP contribution in [0.5, 0.6) is 0 Å². The largest absolute Gasteiger partial charge is 0.352 e. The van der Waals surface area contributed by atoms with E-state index in [4.69, 9.17) is 0 Å². The number of rotatable bonds is 3. The second-order valence-corrected chi connectivity index (χ2v) is 9.02. The third-order valence-electron chi connectivity index (χ3n) is 7.38. The van der Waals surface area contributed by atoms with Crippen molar-refractivity contribution in [1.82, 2.24) is 0 Å². The van der Waals surface area contributed by atoms with Gasteiger partial charge in [-0.3, -0.25) is 14.4 Å². The van der Waals surface area contributed by atoms with Crippen LogP contribution in [0.25, 0.3) is 6.08 Å². The van der Waals surface area contributed by atoms with Crippen LogP contribution in [0.2, 0.25) is 0 Å². The third kappa shape index (κ3) is 2.51. The quantitative estimate of drug-likeness (QED) is 0.599. The molecule has 1 saturated heterocycles. The number of halogens is 1. The molecule has 0 radical (unpaired) electrons. The molecule has 4 atom stereocenters. The van der Waals surface area contributed by atoms with Gasteiger partial charge in [0.25, 0.3) is 0 Å². The van der Waals surface area contributed by atoms with E-state index < -0.39 is 35.0 Å². The van der Waals surface area contributed by atoms with Crippen molar-refractivity contribution in [1.29, 1.82) is 0 Å². The standard InChI is InChI=1S/C28H21FN2O3/c1-16(32)25-24(26(33)18-9-3-5-11-20(18)29)28(19-10-4-6-12-21(19)30-27(28)34)23-15-14-17-8-2-7-13-22(17)31(23)25/h2-15,23-25H,1H3,(H,30,34)/t23-,24-,25-,28+/m1/s1. The molecule has 3 heterocycles. The first-order valence-electron chi connectivity index (χ1n) is 11.2. The number of hydrogen-bond donors (Lipinski definition) is 1. The van der Waals surface area contributed by atoms with Gasteiger partial charge in [-0.15, -0.1) is 0 Å². The maximum atomic E-state index is 14.9. The summed E-state index contributed by atoms with van der Waals surface area (Å²) in [4.78, 5) is 43.2. The number of fused-ring (bicyclic) bond motifs is 6. The topological polar surface area (TPSA) is 66.5 Å². The molecule has 1 spiro atoms. The summed E-state index contributed by atoms with van der Waals surface area (Å²) in [7, 11) is 0. The predicted molar refractivity (Wildman–Crippen MR) is 127 cm³/mol. The lowest BCUT2D eigenvalue weighted by molar-refractivity contribution is -0.122. The van der Waals surface area contributed by atoms with Crippen molar-refractivity contribution in [3.8, 4) is 0 Å². The third-order valence-corrected chi connectivity index (χ3v) is 7.38. The van der Waals surface area contributed by atoms with E-state index in [0.29, 0.717) is 11.3 Å². The van der Waals surface area contributed by atoms with Crippen LogP contribution in [0.3, 0.4) is 0 Å². The summed E-state index contributed by atoms with van der Waals surface area (Å²) in [6.07, 6.45) is 3.83. The summed E-state index contributed by atoms with van der Waals surface area (Å²) >= 11 is 0. The van der Waals surface area contributed by atoms with Gasteiger partial charge in [0.1, 0.15) is 11.2 Å². The van der Waals surface area contributed by atoms with Gasteiger partial charge in [0.15, 0.2) is 11.6 Å². The molecule has 0 aliphatic carbocycles. The molecule has 0 unspecified atom stereocenters. The zero-order chi connectivity index (χ0) is 23.6. The van der Waals surface area contributed by atoms with E-state index in [1.54, 1.807) is 12.1 Å². The van der Waals surface area contributed by atoms with E-state index in [-0.39, 0.29) is 17.3 Å². The van der Waals surface area contributed by atoms with Crippen LogP contribution in [-0.4, -0.2) is 29.6 Å². The molecule has 3 aromatic rings. The molecule has 34 heavy (non-hydrogen) atoms. The maximum Gasteiger partial charge on any atom is 0.238 e. The van der Waals surface area contributed by atoms with Gasteiger partial charge in [0.2, 0.25) is 5.91 Å². The summed E-state index contributed by atoms with van der Waals surface area (Å²) < 4.78 is 14.9. The van der Waals surface area contributed by atoms with Gasteiger partial charge >= 0.3 is 0 Å². The Balaban J connectivity index is 1.68. The van der Waals surface area contributed by atoms with Crippen LogP contribution in [0.4, 0.5) is 15.8 Å². The van der Waals surface area contributed by atoms with Crippen molar-refractivity contribution >= 4 is 34.9 Å². The second-order valence-electron chi connectivity index (χ2n) is 9.02. The number of amides is 1. The molecule has 0 aromatic heterocycles. The summed E-state index contributed by atoms with van der Waals surface area (Å²) in [5.74, 6) is -2.95. The van der Waals surface area contributed by atoms with Gasteiger partial charge < -0.3 is 10.2 Å². The number of ketones is 2. The smallest absolute Gasteiger partial charge is 0.238 e. The predicted octanol–water partition coefficient (Wildman–Crippen LogP) is 4.39. The van der Waals surface area contributed by atoms with Crippen LogP contribution in [0, 0.1) is 11.7 Å². The Hall–Kier alpha value is -4.06. The molecule has 3 aliphatic heterocycles. The number of nitrogens with zero attached hydrogens (tertiary/aromatic N) is 1. The number of anilines is 2. The van der Waals surface area contributed by atoms with Gasteiger partial charge in [-0.25, -0.2) is 4.39 Å². The molecule has 3 aliphatic rings. The number of carbonyl (C=O) groups is 3. The zero-order valence-electron chi connectivity index (χ0n) is 18.4. The summed E-state index contributed by atoms with van der Waals surface area (Å²) in [5.41, 5.74) is 1.41. The molecular weight excluding hydrogens is 431 g/mol. The number of hydrogen-bond acceptors (Lipinski definition) is 4. The first-order chi connectivity index (χ1) is 16.5. The van der Waals surface area contributed by atoms with E-state index >= 15 is 0 Å². The van der Waals surface area contributed by atoms with Crippen molar-refractivity contribution in [3.05, 3.63) is 101 Å². The van der Waals surface area contributed by atoms with Gasteiger partial charge in [-0.1, -0.05) is 60.7 Å². The monoisotopic (exact) mass is 452 g/mol. The Morgan fingerprint density at radius 3 is 2.47 bits per heavy atom. The Kier molecular flexibility index (Phi) is 4.36. The molecule has 1 N–H and O–H groups in total. The Morgan fingerprint density at radius 1 is 0.971 bits per heavy atom. The Bertz CT molecular complexity index is 1410. The van der Waals surface area contributed by atoms with Crippen LogP contribution in [0.15, 0.2) is 78.9 Å². The zero-order valence-corrected chi connectivity index (χ0v) is 18.4. The minimum atomic E-state index is -1.39. The van der Waals surface area contributed by atoms with Crippen molar-refractivity contribution in [3.63, 3.8) is 0 Å². The van der Waals surface area contributed by atoms with E-state index in [0.717, 1.165) is 11.3 Å². The molecule has 0 bridgehead atoms. The minimum Gasteiger partial charge on any atom is -0.352 e. The van der Waals surface area contributed by atoms with Crippen LogP contribution in [-0.2, 0) is 15.0 Å². The number of benzene rings is 3. The van der Waals surface area contributed by atoms with Gasteiger partial charge in [-0.05, 0) is 42.3 Å². The fraction of sp³-hybridized carbons (Fsp3) is 0.179. The molecule has 1 fully saturated rings. The fourth-order valence-electron chi connectivity index (χ4n) is 6.10. The van der Waals surface area contributed by atoms with Crippen LogP contribution >= 0.6 is 0 Å². The normalized spacial score (nSPS) is 26.1. The minimum absolute atomic E-state index is 0.118. The maximum absolute atomic E-state index is 14.9. The van der Waals surface area contributed by atoms with Crippen molar-refractivity contribution in [2.45, 2.75) is 24.4 Å². The molecule has 1 amide bonds. The number of Topliss-reactive ketones (excluding diaryl/α,β-unsaturated/α-hetero) is 2. The number of para-hydroxylation sites is 2. The molecular formula is C28H21FN2O3. The van der Waals surface area contributed by atoms with Crippen molar-refractivity contribution in [2.75, 3.05) is 10.2 Å². The molecule has 6 rings (SSSR count). The Morgan fingerprint density at radius 2 is 1.68 bits per heavy atom. The lowest BCUT2D eigenvalue weighted by Crippen LogP contribution is -2.51. The SMILES string of the molecule is CC(=O)[C@@H]1[C@H](C(=O)c2ccccc2F)[C@@]2(C(=O)Nc3ccccc32)[C@H]2C=Cc3ccccc3N12. The summed E-state index contributed by atoms with van der Waals surface area (Å²) in [6.45, 7) is 1.43. The average molecular weight is 452 g/mol. The van der Waals surface area contributed by atoms with Crippen molar-refractivity contribution < 1.29 is 18.8 Å². The highest BCUT2D eigenvalue weighted by Crippen LogP contribution is 2.57. The van der Waals surface area contributed by atoms with Crippen LogP contribution < -0.4 is 10.2 Å². The van der Waals surface area contributed by atoms with Gasteiger partial charge in [0.05, 0.1) is 23.6 Å². The average Bonchev–Trinajstić information content (AvgIpc) is 3.32. The molecule has 168 valence electrons. The van der Waals surface area contributed by atoms with Crippen LogP contribution in [0.1, 0.15) is 28.4 Å². The first-order valence-corrected chi connectivity index (χ1v) is 11.2.